The van der Waals surface area contributed by atoms with Crippen molar-refractivity contribution < 1.29 is 4.42 Å². The van der Waals surface area contributed by atoms with Crippen molar-refractivity contribution in [3.05, 3.63) is 70.8 Å². The minimum atomic E-state index is 0.120. The number of anilines is 1. The molecular weight excluding hydrogens is 336 g/mol. The van der Waals surface area contributed by atoms with Gasteiger partial charge in [-0.25, -0.2) is 15.0 Å². The van der Waals surface area contributed by atoms with E-state index in [9.17, 15) is 0 Å². The van der Waals surface area contributed by atoms with Gasteiger partial charge in [0, 0.05) is 24.2 Å². The molecule has 6 heteroatoms. The average Bonchev–Trinajstić information content (AvgIpc) is 3.26. The fourth-order valence-corrected chi connectivity index (χ4v) is 3.49. The Kier molecular flexibility index (Phi) is 4.40. The Morgan fingerprint density at radius 2 is 2.12 bits per heavy atom. The molecular formula is C19H19ClN4O. The molecule has 1 unspecified atom stereocenters. The zero-order valence-corrected chi connectivity index (χ0v) is 14.8. The first-order valence-corrected chi connectivity index (χ1v) is 8.83. The summed E-state index contributed by atoms with van der Waals surface area (Å²) >= 11 is 6.24. The zero-order chi connectivity index (χ0) is 17.2. The Morgan fingerprint density at radius 1 is 1.24 bits per heavy atom. The summed E-state index contributed by atoms with van der Waals surface area (Å²) in [5, 5.41) is 0.749. The molecule has 2 aromatic heterocycles. The molecule has 1 aliphatic heterocycles. The molecule has 0 radical (unpaired) electrons. The summed E-state index contributed by atoms with van der Waals surface area (Å²) in [7, 11) is 0. The molecule has 1 aromatic carbocycles. The summed E-state index contributed by atoms with van der Waals surface area (Å²) in [4.78, 5) is 15.5. The van der Waals surface area contributed by atoms with Crippen molar-refractivity contribution in [2.75, 3.05) is 11.4 Å². The maximum atomic E-state index is 6.24. The van der Waals surface area contributed by atoms with Gasteiger partial charge in [0.15, 0.2) is 0 Å². The first kappa shape index (κ1) is 16.1. The van der Waals surface area contributed by atoms with Gasteiger partial charge < -0.3 is 9.32 Å². The number of hydrogen-bond acceptors (Lipinski definition) is 5. The minimum Gasteiger partial charge on any atom is -0.443 e. The van der Waals surface area contributed by atoms with Crippen molar-refractivity contribution in [1.82, 2.24) is 15.0 Å². The second-order valence-electron chi connectivity index (χ2n) is 6.25. The van der Waals surface area contributed by atoms with Crippen molar-refractivity contribution in [3.8, 4) is 0 Å². The van der Waals surface area contributed by atoms with Crippen LogP contribution in [-0.4, -0.2) is 21.5 Å². The third-order valence-corrected chi connectivity index (χ3v) is 4.86. The van der Waals surface area contributed by atoms with E-state index in [4.69, 9.17) is 16.0 Å². The molecule has 3 aromatic rings. The summed E-state index contributed by atoms with van der Waals surface area (Å²) in [5.41, 5.74) is 1.04. The van der Waals surface area contributed by atoms with Gasteiger partial charge in [-0.2, -0.15) is 0 Å². The lowest BCUT2D eigenvalue weighted by Crippen LogP contribution is -2.24. The number of aryl methyl sites for hydroxylation is 1. The van der Waals surface area contributed by atoms with E-state index in [1.807, 2.05) is 37.3 Å². The van der Waals surface area contributed by atoms with Crippen LogP contribution in [0.15, 0.2) is 47.1 Å². The molecule has 1 fully saturated rings. The molecule has 1 atom stereocenters. The first-order valence-electron chi connectivity index (χ1n) is 8.45. The number of rotatable bonds is 4. The van der Waals surface area contributed by atoms with Crippen LogP contribution in [0.1, 0.15) is 41.9 Å². The predicted molar refractivity (Wildman–Crippen MR) is 96.9 cm³/mol. The smallest absolute Gasteiger partial charge is 0.217 e. The van der Waals surface area contributed by atoms with Crippen molar-refractivity contribution in [1.29, 1.82) is 0 Å². The average molecular weight is 355 g/mol. The Morgan fingerprint density at radius 3 is 2.96 bits per heavy atom. The fraction of sp³-hybridized carbons (Fsp3) is 0.316. The number of hydrogen-bond donors (Lipinski definition) is 0. The largest absolute Gasteiger partial charge is 0.443 e. The molecule has 0 aliphatic carbocycles. The SMILES string of the molecule is Cc1nccc(N2CCCC2c2ncc(Cc3ccccc3Cl)o2)n1. The highest BCUT2D eigenvalue weighted by atomic mass is 35.5. The third kappa shape index (κ3) is 3.37. The molecule has 4 rings (SSSR count). The van der Waals surface area contributed by atoms with E-state index in [1.54, 1.807) is 12.4 Å². The van der Waals surface area contributed by atoms with Gasteiger partial charge in [-0.15, -0.1) is 0 Å². The highest BCUT2D eigenvalue weighted by molar-refractivity contribution is 6.31. The molecule has 0 amide bonds. The van der Waals surface area contributed by atoms with Gasteiger partial charge in [0.1, 0.15) is 23.4 Å². The van der Waals surface area contributed by atoms with E-state index < -0.39 is 0 Å². The van der Waals surface area contributed by atoms with Gasteiger partial charge in [-0.05, 0) is 37.5 Å². The number of halogens is 1. The number of benzene rings is 1. The second kappa shape index (κ2) is 6.84. The van der Waals surface area contributed by atoms with E-state index in [0.29, 0.717) is 6.42 Å². The maximum absolute atomic E-state index is 6.24. The topological polar surface area (TPSA) is 55.1 Å². The van der Waals surface area contributed by atoms with Gasteiger partial charge in [0.2, 0.25) is 5.89 Å². The lowest BCUT2D eigenvalue weighted by Gasteiger charge is -2.23. The van der Waals surface area contributed by atoms with Crippen LogP contribution >= 0.6 is 11.6 Å². The van der Waals surface area contributed by atoms with E-state index in [1.165, 1.54) is 0 Å². The van der Waals surface area contributed by atoms with Gasteiger partial charge in [-0.1, -0.05) is 29.8 Å². The standard InChI is InChI=1S/C19H19ClN4O/c1-13-21-9-8-18(23-13)24-10-4-7-17(24)19-22-12-15(25-19)11-14-5-2-3-6-16(14)20/h2-3,5-6,8-9,12,17H,4,7,10-11H2,1H3. The summed E-state index contributed by atoms with van der Waals surface area (Å²) in [6.07, 6.45) is 6.35. The molecule has 1 saturated heterocycles. The fourth-order valence-electron chi connectivity index (χ4n) is 3.29. The van der Waals surface area contributed by atoms with Gasteiger partial charge in [0.05, 0.1) is 6.20 Å². The van der Waals surface area contributed by atoms with Gasteiger partial charge in [-0.3, -0.25) is 0 Å². The predicted octanol–water partition coefficient (Wildman–Crippen LogP) is 4.36. The van der Waals surface area contributed by atoms with Crippen molar-refractivity contribution in [3.63, 3.8) is 0 Å². The van der Waals surface area contributed by atoms with E-state index in [0.717, 1.165) is 53.3 Å². The third-order valence-electron chi connectivity index (χ3n) is 4.49. The van der Waals surface area contributed by atoms with E-state index in [2.05, 4.69) is 19.9 Å². The summed E-state index contributed by atoms with van der Waals surface area (Å²) in [5.74, 6) is 3.28. The van der Waals surface area contributed by atoms with Crippen LogP contribution < -0.4 is 4.90 Å². The lowest BCUT2D eigenvalue weighted by molar-refractivity contribution is 0.424. The van der Waals surface area contributed by atoms with E-state index in [-0.39, 0.29) is 6.04 Å². The molecule has 5 nitrogen and oxygen atoms in total. The van der Waals surface area contributed by atoms with Crippen LogP contribution in [0.25, 0.3) is 0 Å². The Balaban J connectivity index is 1.56. The first-order chi connectivity index (χ1) is 12.2. The zero-order valence-electron chi connectivity index (χ0n) is 14.0. The van der Waals surface area contributed by atoms with Gasteiger partial charge in [0.25, 0.3) is 0 Å². The van der Waals surface area contributed by atoms with Gasteiger partial charge >= 0.3 is 0 Å². The molecule has 3 heterocycles. The van der Waals surface area contributed by atoms with Crippen molar-refractivity contribution >= 4 is 17.4 Å². The van der Waals surface area contributed by atoms with E-state index >= 15 is 0 Å². The molecule has 25 heavy (non-hydrogen) atoms. The second-order valence-corrected chi connectivity index (χ2v) is 6.65. The van der Waals surface area contributed by atoms with Crippen LogP contribution in [0.5, 0.6) is 0 Å². The van der Waals surface area contributed by atoms with Crippen molar-refractivity contribution in [2.45, 2.75) is 32.2 Å². The Hall–Kier alpha value is -2.40. The minimum absolute atomic E-state index is 0.120. The monoisotopic (exact) mass is 354 g/mol. The van der Waals surface area contributed by atoms with Crippen LogP contribution in [0.3, 0.4) is 0 Å². The van der Waals surface area contributed by atoms with Crippen LogP contribution in [-0.2, 0) is 6.42 Å². The molecule has 1 aliphatic rings. The molecule has 0 spiro atoms. The Bertz CT molecular complexity index is 879. The van der Waals surface area contributed by atoms with Crippen LogP contribution in [0.4, 0.5) is 5.82 Å². The quantitative estimate of drug-likeness (QED) is 0.696. The van der Waals surface area contributed by atoms with Crippen molar-refractivity contribution in [2.24, 2.45) is 0 Å². The molecule has 0 bridgehead atoms. The Labute approximate surface area is 151 Å². The number of oxazole rings is 1. The highest BCUT2D eigenvalue weighted by Gasteiger charge is 2.31. The lowest BCUT2D eigenvalue weighted by atomic mass is 10.1. The maximum Gasteiger partial charge on any atom is 0.217 e. The normalized spacial score (nSPS) is 17.2. The van der Waals surface area contributed by atoms with Crippen LogP contribution in [0.2, 0.25) is 5.02 Å². The summed E-state index contributed by atoms with van der Waals surface area (Å²) in [6, 6.07) is 9.88. The molecule has 128 valence electrons. The molecule has 0 N–H and O–H groups in total. The highest BCUT2D eigenvalue weighted by Crippen LogP contribution is 2.35. The summed E-state index contributed by atoms with van der Waals surface area (Å²) < 4.78 is 6.05. The molecule has 0 saturated carbocycles. The van der Waals surface area contributed by atoms with Crippen LogP contribution in [0, 0.1) is 6.92 Å². The number of nitrogens with zero attached hydrogens (tertiary/aromatic N) is 4. The number of aromatic nitrogens is 3. The summed E-state index contributed by atoms with van der Waals surface area (Å²) in [6.45, 7) is 2.85.